The van der Waals surface area contributed by atoms with E-state index in [9.17, 15) is 28.8 Å². The monoisotopic (exact) mass is 542 g/mol. The van der Waals surface area contributed by atoms with Gasteiger partial charge in [-0.05, 0) is 48.5 Å². The van der Waals surface area contributed by atoms with Crippen molar-refractivity contribution in [3.63, 3.8) is 0 Å². The van der Waals surface area contributed by atoms with E-state index in [1.54, 1.807) is 48.5 Å². The number of nitrogens with zero attached hydrogens (tertiary/aromatic N) is 4. The van der Waals surface area contributed by atoms with Crippen LogP contribution in [0.4, 0.5) is 11.4 Å². The number of rotatable bonds is 7. The number of carbonyl (C=O) groups is 6. The van der Waals surface area contributed by atoms with Gasteiger partial charge in [0.2, 0.25) is 0 Å². The molecular formula is C28H22N4O8. The van der Waals surface area contributed by atoms with Crippen LogP contribution in [-0.4, -0.2) is 83.6 Å². The molecule has 2 aromatic carbocycles. The van der Waals surface area contributed by atoms with Gasteiger partial charge in [0.25, 0.3) is 35.4 Å². The molecule has 0 bridgehead atoms. The zero-order chi connectivity index (χ0) is 28.3. The van der Waals surface area contributed by atoms with E-state index < -0.39 is 59.6 Å². The normalized spacial score (nSPS) is 25.6. The number of ether oxygens (including phenoxy) is 2. The summed E-state index contributed by atoms with van der Waals surface area (Å²) in [6.45, 7) is 0. The molecular weight excluding hydrogens is 520 g/mol. The van der Waals surface area contributed by atoms with E-state index in [1.165, 1.54) is 24.0 Å². The summed E-state index contributed by atoms with van der Waals surface area (Å²) in [5.74, 6) is -2.71. The zero-order valence-electron chi connectivity index (χ0n) is 21.3. The highest BCUT2D eigenvalue weighted by atomic mass is 16.5. The minimum Gasteiger partial charge on any atom is -0.497 e. The number of hydrogen-bond acceptors (Lipinski definition) is 8. The molecule has 2 aromatic rings. The predicted molar refractivity (Wildman–Crippen MR) is 138 cm³/mol. The quantitative estimate of drug-likeness (QED) is 0.363. The van der Waals surface area contributed by atoms with Gasteiger partial charge in [-0.2, -0.15) is 0 Å². The molecule has 4 aliphatic heterocycles. The summed E-state index contributed by atoms with van der Waals surface area (Å²) in [5.41, 5.74) is 0.841. The van der Waals surface area contributed by atoms with Gasteiger partial charge in [0, 0.05) is 35.7 Å². The molecule has 2 fully saturated rings. The first kappa shape index (κ1) is 25.0. The summed E-state index contributed by atoms with van der Waals surface area (Å²) in [5, 5.41) is 0. The molecule has 4 heterocycles. The number of hydrogen-bond donors (Lipinski definition) is 0. The molecule has 12 heteroatoms. The Morgan fingerprint density at radius 1 is 0.475 bits per heavy atom. The summed E-state index contributed by atoms with van der Waals surface area (Å²) < 4.78 is 10.4. The van der Waals surface area contributed by atoms with E-state index in [4.69, 9.17) is 9.47 Å². The number of anilines is 2. The lowest BCUT2D eigenvalue weighted by molar-refractivity contribution is -0.156. The molecule has 0 N–H and O–H groups in total. The lowest BCUT2D eigenvalue weighted by atomic mass is 9.76. The van der Waals surface area contributed by atoms with E-state index >= 15 is 0 Å². The smallest absolute Gasteiger partial charge is 0.254 e. The largest absolute Gasteiger partial charge is 0.497 e. The van der Waals surface area contributed by atoms with Gasteiger partial charge in [0.05, 0.1) is 26.3 Å². The summed E-state index contributed by atoms with van der Waals surface area (Å²) in [6.07, 6.45) is 4.30. The van der Waals surface area contributed by atoms with E-state index in [-0.39, 0.29) is 0 Å². The first-order valence-electron chi connectivity index (χ1n) is 12.3. The molecule has 0 unspecified atom stereocenters. The second kappa shape index (κ2) is 9.19. The standard InChI is InChI=1S/C28H22N4O8/c1-39-17-7-3-15(4-8-17)29-23(25(27(29)37)31-19(33)11-12-20(31)34)24-26(32-21(35)13-14-22(32)36)28(38)30(24)16-5-9-18(40-2)10-6-16/h3-14,23-26H,1-2H3/t23-,24-,25+,26+/m1/s1. The molecule has 202 valence electrons. The van der Waals surface area contributed by atoms with Crippen molar-refractivity contribution in [2.45, 2.75) is 24.2 Å². The minimum absolute atomic E-state index is 0.420. The first-order chi connectivity index (χ1) is 19.3. The van der Waals surface area contributed by atoms with Crippen molar-refractivity contribution in [2.75, 3.05) is 24.0 Å². The fourth-order valence-corrected chi connectivity index (χ4v) is 5.65. The zero-order valence-corrected chi connectivity index (χ0v) is 21.3. The molecule has 0 aromatic heterocycles. The van der Waals surface area contributed by atoms with Gasteiger partial charge in [-0.1, -0.05) is 0 Å². The molecule has 12 nitrogen and oxygen atoms in total. The first-order valence-corrected chi connectivity index (χ1v) is 12.3. The fourth-order valence-electron chi connectivity index (χ4n) is 5.65. The van der Waals surface area contributed by atoms with Crippen molar-refractivity contribution in [3.8, 4) is 11.5 Å². The SMILES string of the molecule is COc1ccc(N2C(=O)[C@@H](N3C(=O)C=CC3=O)[C@H]2[C@@H]2[C@H](N3C(=O)C=CC3=O)C(=O)N2c2ccc(OC)cc2)cc1. The number of methoxy groups -OCH3 is 2. The second-order valence-electron chi connectivity index (χ2n) is 9.44. The van der Waals surface area contributed by atoms with E-state index in [0.717, 1.165) is 34.1 Å². The molecule has 6 amide bonds. The van der Waals surface area contributed by atoms with Crippen LogP contribution in [-0.2, 0) is 28.8 Å². The maximum atomic E-state index is 13.7. The molecule has 4 aliphatic rings. The van der Waals surface area contributed by atoms with Crippen LogP contribution in [0, 0.1) is 0 Å². The van der Waals surface area contributed by atoms with Crippen LogP contribution in [0.1, 0.15) is 0 Å². The molecule has 0 saturated carbocycles. The average molecular weight is 543 g/mol. The molecule has 0 spiro atoms. The highest BCUT2D eigenvalue weighted by molar-refractivity contribution is 6.21. The Kier molecular flexibility index (Phi) is 5.75. The molecule has 2 saturated heterocycles. The van der Waals surface area contributed by atoms with Gasteiger partial charge < -0.3 is 19.3 Å². The maximum absolute atomic E-state index is 13.7. The van der Waals surface area contributed by atoms with E-state index in [0.29, 0.717) is 22.9 Å². The molecule has 4 atom stereocenters. The third-order valence-electron chi connectivity index (χ3n) is 7.52. The van der Waals surface area contributed by atoms with Crippen LogP contribution in [0.15, 0.2) is 72.8 Å². The van der Waals surface area contributed by atoms with Crippen molar-refractivity contribution in [3.05, 3.63) is 72.8 Å². The lowest BCUT2D eigenvalue weighted by Gasteiger charge is -2.60. The van der Waals surface area contributed by atoms with Gasteiger partial charge in [-0.15, -0.1) is 0 Å². The van der Waals surface area contributed by atoms with Crippen LogP contribution in [0.3, 0.4) is 0 Å². The van der Waals surface area contributed by atoms with Gasteiger partial charge in [-0.3, -0.25) is 38.6 Å². The number of carbonyl (C=O) groups excluding carboxylic acids is 6. The van der Waals surface area contributed by atoms with Crippen LogP contribution in [0.25, 0.3) is 0 Å². The highest BCUT2D eigenvalue weighted by Crippen LogP contribution is 2.44. The summed E-state index contributed by atoms with van der Waals surface area (Å²) in [6, 6.07) is 8.56. The van der Waals surface area contributed by atoms with Gasteiger partial charge >= 0.3 is 0 Å². The second-order valence-corrected chi connectivity index (χ2v) is 9.44. The Morgan fingerprint density at radius 3 is 1.05 bits per heavy atom. The van der Waals surface area contributed by atoms with Crippen LogP contribution in [0.2, 0.25) is 0 Å². The van der Waals surface area contributed by atoms with E-state index in [1.807, 2.05) is 0 Å². The Hall–Kier alpha value is -5.26. The van der Waals surface area contributed by atoms with Crippen LogP contribution in [0.5, 0.6) is 11.5 Å². The van der Waals surface area contributed by atoms with Crippen molar-refractivity contribution in [1.29, 1.82) is 0 Å². The molecule has 0 aliphatic carbocycles. The molecule has 6 rings (SSSR count). The maximum Gasteiger partial charge on any atom is 0.254 e. The molecule has 0 radical (unpaired) electrons. The van der Waals surface area contributed by atoms with Crippen molar-refractivity contribution >= 4 is 46.8 Å². The number of imide groups is 2. The Morgan fingerprint density at radius 2 is 0.775 bits per heavy atom. The van der Waals surface area contributed by atoms with Crippen molar-refractivity contribution < 1.29 is 38.2 Å². The third-order valence-corrected chi connectivity index (χ3v) is 7.52. The fraction of sp³-hybridized carbons (Fsp3) is 0.214. The predicted octanol–water partition coefficient (Wildman–Crippen LogP) is 0.422. The lowest BCUT2D eigenvalue weighted by Crippen LogP contribution is -2.86. The number of amides is 6. The van der Waals surface area contributed by atoms with Crippen molar-refractivity contribution in [1.82, 2.24) is 9.80 Å². The van der Waals surface area contributed by atoms with Gasteiger partial charge in [-0.25, -0.2) is 0 Å². The van der Waals surface area contributed by atoms with Crippen LogP contribution < -0.4 is 19.3 Å². The van der Waals surface area contributed by atoms with Gasteiger partial charge in [0.1, 0.15) is 23.6 Å². The Balaban J connectivity index is 1.47. The summed E-state index contributed by atoms with van der Waals surface area (Å²) >= 11 is 0. The van der Waals surface area contributed by atoms with E-state index in [2.05, 4.69) is 0 Å². The minimum atomic E-state index is -1.28. The molecule has 40 heavy (non-hydrogen) atoms. The topological polar surface area (TPSA) is 134 Å². The number of benzene rings is 2. The van der Waals surface area contributed by atoms with Gasteiger partial charge in [0.15, 0.2) is 0 Å². The Labute approximate surface area is 227 Å². The summed E-state index contributed by atoms with van der Waals surface area (Å²) in [7, 11) is 2.99. The average Bonchev–Trinajstić information content (AvgIpc) is 3.46. The Bertz CT molecular complexity index is 1380. The summed E-state index contributed by atoms with van der Waals surface area (Å²) in [4.78, 5) is 82.6. The van der Waals surface area contributed by atoms with Crippen molar-refractivity contribution in [2.24, 2.45) is 0 Å². The third kappa shape index (κ3) is 3.52. The highest BCUT2D eigenvalue weighted by Gasteiger charge is 2.67. The number of β-lactam (4-membered cyclic amide) rings is 2. The van der Waals surface area contributed by atoms with Crippen LogP contribution >= 0.6 is 0 Å².